The quantitative estimate of drug-likeness (QED) is 0.443. The van der Waals surface area contributed by atoms with Crippen molar-refractivity contribution in [1.82, 2.24) is 34.6 Å². The number of aryl methyl sites for hydroxylation is 1. The fourth-order valence-corrected chi connectivity index (χ4v) is 3.88. The summed E-state index contributed by atoms with van der Waals surface area (Å²) in [7, 11) is 0. The minimum Gasteiger partial charge on any atom is -0.347 e. The summed E-state index contributed by atoms with van der Waals surface area (Å²) in [5.74, 6) is 0.185. The molecule has 5 rings (SSSR count). The third kappa shape index (κ3) is 4.33. The first-order chi connectivity index (χ1) is 16.4. The zero-order valence-electron chi connectivity index (χ0n) is 19.4. The monoisotopic (exact) mass is 459 g/mol. The van der Waals surface area contributed by atoms with Gasteiger partial charge in [0.25, 0.3) is 5.91 Å². The van der Waals surface area contributed by atoms with Crippen molar-refractivity contribution >= 4 is 5.91 Å². The predicted octanol–water partition coefficient (Wildman–Crippen LogP) is 4.36. The molecule has 0 bridgehead atoms. The number of hydrogen-bond donors (Lipinski definition) is 1. The molecule has 0 atom stereocenters. The van der Waals surface area contributed by atoms with Crippen LogP contribution in [0, 0.1) is 12.7 Å². The molecule has 174 valence electrons. The highest BCUT2D eigenvalue weighted by atomic mass is 19.1. The second kappa shape index (κ2) is 8.81. The van der Waals surface area contributed by atoms with Gasteiger partial charge < -0.3 is 14.5 Å². The molecule has 3 aromatic heterocycles. The number of amides is 1. The lowest BCUT2D eigenvalue weighted by Gasteiger charge is -2.12. The summed E-state index contributed by atoms with van der Waals surface area (Å²) < 4.78 is 18.6. The third-order valence-electron chi connectivity index (χ3n) is 6.00. The van der Waals surface area contributed by atoms with E-state index in [2.05, 4.69) is 39.3 Å². The fraction of sp³-hybridized carbons (Fsp3) is 0.320. The van der Waals surface area contributed by atoms with Gasteiger partial charge in [0.2, 0.25) is 0 Å². The molecular formula is C25H26FN7O. The van der Waals surface area contributed by atoms with Crippen LogP contribution in [-0.4, -0.2) is 35.2 Å². The van der Waals surface area contributed by atoms with Gasteiger partial charge >= 0.3 is 0 Å². The predicted molar refractivity (Wildman–Crippen MR) is 125 cm³/mol. The molecule has 4 aromatic rings. The van der Waals surface area contributed by atoms with Crippen LogP contribution >= 0.6 is 0 Å². The van der Waals surface area contributed by atoms with Crippen molar-refractivity contribution in [2.24, 2.45) is 0 Å². The molecule has 8 nitrogen and oxygen atoms in total. The molecule has 1 saturated carbocycles. The molecule has 1 fully saturated rings. The molecule has 1 N–H and O–H groups in total. The largest absolute Gasteiger partial charge is 0.347 e. The molecule has 3 heterocycles. The number of aromatic nitrogens is 6. The van der Waals surface area contributed by atoms with Crippen LogP contribution in [0.1, 0.15) is 66.0 Å². The number of nitrogens with zero attached hydrogens (tertiary/aromatic N) is 6. The minimum atomic E-state index is -0.384. The standard InChI is InChI=1S/C25H26FN7O/c1-15(2)22-12-32(13-28-22)23-10-17(19(26)9-16(23)3)11-27-25(34)21-6-4-5-20(30-21)24-31-29-14-33(24)18-7-8-18/h4-6,9-10,12-15,18H,7-8,11H2,1-3H3,(H,27,34). The van der Waals surface area contributed by atoms with Crippen molar-refractivity contribution < 1.29 is 9.18 Å². The van der Waals surface area contributed by atoms with Crippen molar-refractivity contribution in [1.29, 1.82) is 0 Å². The van der Waals surface area contributed by atoms with Gasteiger partial charge in [0, 0.05) is 30.0 Å². The zero-order valence-corrected chi connectivity index (χ0v) is 19.4. The van der Waals surface area contributed by atoms with Crippen LogP contribution in [0.3, 0.4) is 0 Å². The minimum absolute atomic E-state index is 0.0356. The van der Waals surface area contributed by atoms with Crippen LogP contribution in [0.15, 0.2) is 49.2 Å². The highest BCUT2D eigenvalue weighted by Gasteiger charge is 2.27. The van der Waals surface area contributed by atoms with E-state index in [1.165, 1.54) is 6.07 Å². The topological polar surface area (TPSA) is 90.5 Å². The third-order valence-corrected chi connectivity index (χ3v) is 6.00. The van der Waals surface area contributed by atoms with Crippen molar-refractivity contribution in [3.8, 4) is 17.2 Å². The maximum absolute atomic E-state index is 14.7. The van der Waals surface area contributed by atoms with Gasteiger partial charge in [-0.15, -0.1) is 10.2 Å². The zero-order chi connectivity index (χ0) is 23.8. The van der Waals surface area contributed by atoms with Crippen molar-refractivity contribution in [3.05, 3.63) is 77.5 Å². The first kappa shape index (κ1) is 21.9. The molecule has 0 aliphatic heterocycles. The lowest BCUT2D eigenvalue weighted by Crippen LogP contribution is -2.24. The van der Waals surface area contributed by atoms with Crippen molar-refractivity contribution in [3.63, 3.8) is 0 Å². The SMILES string of the molecule is Cc1cc(F)c(CNC(=O)c2cccc(-c3nncn3C3CC3)n2)cc1-n1cnc(C(C)C)c1. The van der Waals surface area contributed by atoms with Gasteiger partial charge in [-0.1, -0.05) is 19.9 Å². The number of rotatable bonds is 7. The molecule has 0 unspecified atom stereocenters. The average molecular weight is 460 g/mol. The highest BCUT2D eigenvalue weighted by molar-refractivity contribution is 5.92. The van der Waals surface area contributed by atoms with Gasteiger partial charge in [0.05, 0.1) is 12.0 Å². The maximum atomic E-state index is 14.7. The summed E-state index contributed by atoms with van der Waals surface area (Å²) >= 11 is 0. The number of pyridine rings is 1. The Balaban J connectivity index is 1.34. The molecule has 1 aromatic carbocycles. The van der Waals surface area contributed by atoms with Gasteiger partial charge in [-0.2, -0.15) is 0 Å². The Bertz CT molecular complexity index is 1350. The molecular weight excluding hydrogens is 433 g/mol. The van der Waals surface area contributed by atoms with Gasteiger partial charge in [-0.05, 0) is 55.5 Å². The number of carbonyl (C=O) groups is 1. The summed E-state index contributed by atoms with van der Waals surface area (Å²) in [4.78, 5) is 21.7. The van der Waals surface area contributed by atoms with E-state index >= 15 is 0 Å². The first-order valence-corrected chi connectivity index (χ1v) is 11.4. The number of hydrogen-bond acceptors (Lipinski definition) is 5. The summed E-state index contributed by atoms with van der Waals surface area (Å²) in [5.41, 5.74) is 3.79. The molecule has 1 amide bonds. The summed E-state index contributed by atoms with van der Waals surface area (Å²) in [5, 5.41) is 11.0. The van der Waals surface area contributed by atoms with Gasteiger partial charge in [-0.3, -0.25) is 4.79 Å². The second-order valence-corrected chi connectivity index (χ2v) is 8.97. The van der Waals surface area contributed by atoms with Crippen molar-refractivity contribution in [2.45, 2.75) is 52.1 Å². The van der Waals surface area contributed by atoms with Gasteiger partial charge in [0.15, 0.2) is 5.82 Å². The van der Waals surface area contributed by atoms with E-state index in [0.717, 1.165) is 29.8 Å². The normalized spacial score (nSPS) is 13.4. The lowest BCUT2D eigenvalue weighted by molar-refractivity contribution is 0.0945. The van der Waals surface area contributed by atoms with Gasteiger partial charge in [0.1, 0.15) is 23.5 Å². The summed E-state index contributed by atoms with van der Waals surface area (Å²) in [6, 6.07) is 8.83. The smallest absolute Gasteiger partial charge is 0.270 e. The van der Waals surface area contributed by atoms with Crippen LogP contribution in [0.2, 0.25) is 0 Å². The van der Waals surface area contributed by atoms with Crippen LogP contribution in [0.25, 0.3) is 17.2 Å². The number of imidazole rings is 1. The van der Waals surface area contributed by atoms with E-state index in [4.69, 9.17) is 0 Å². The molecule has 1 aliphatic rings. The van der Waals surface area contributed by atoms with E-state index in [1.807, 2.05) is 28.3 Å². The number of carbonyl (C=O) groups excluding carboxylic acids is 1. The summed E-state index contributed by atoms with van der Waals surface area (Å²) in [6.07, 6.45) is 7.56. The average Bonchev–Trinajstić information content (AvgIpc) is 3.33. The molecule has 1 aliphatic carbocycles. The first-order valence-electron chi connectivity index (χ1n) is 11.4. The second-order valence-electron chi connectivity index (χ2n) is 8.97. The molecule has 9 heteroatoms. The number of nitrogens with one attached hydrogen (secondary N) is 1. The molecule has 0 radical (unpaired) electrons. The molecule has 0 saturated heterocycles. The van der Waals surface area contributed by atoms with Crippen LogP contribution in [0.5, 0.6) is 0 Å². The van der Waals surface area contributed by atoms with Gasteiger partial charge in [-0.25, -0.2) is 14.4 Å². The fourth-order valence-electron chi connectivity index (χ4n) is 3.88. The van der Waals surface area contributed by atoms with E-state index in [-0.39, 0.29) is 24.0 Å². The van der Waals surface area contributed by atoms with Crippen LogP contribution < -0.4 is 5.32 Å². The number of halogens is 1. The van der Waals surface area contributed by atoms with E-state index in [0.29, 0.717) is 29.0 Å². The van der Waals surface area contributed by atoms with E-state index in [9.17, 15) is 9.18 Å². The Morgan fingerprint density at radius 1 is 1.24 bits per heavy atom. The lowest BCUT2D eigenvalue weighted by atomic mass is 10.1. The Hall–Kier alpha value is -3.88. The maximum Gasteiger partial charge on any atom is 0.270 e. The van der Waals surface area contributed by atoms with Crippen molar-refractivity contribution in [2.75, 3.05) is 0 Å². The molecule has 34 heavy (non-hydrogen) atoms. The Labute approximate surface area is 196 Å². The van der Waals surface area contributed by atoms with Crippen LogP contribution in [-0.2, 0) is 6.54 Å². The summed E-state index contributed by atoms with van der Waals surface area (Å²) in [6.45, 7) is 6.04. The number of benzene rings is 1. The van der Waals surface area contributed by atoms with Crippen LogP contribution in [0.4, 0.5) is 4.39 Å². The van der Waals surface area contributed by atoms with E-state index in [1.54, 1.807) is 30.9 Å². The Morgan fingerprint density at radius 3 is 2.79 bits per heavy atom. The molecule has 0 spiro atoms. The Kier molecular flexibility index (Phi) is 5.69. The Morgan fingerprint density at radius 2 is 2.06 bits per heavy atom. The highest BCUT2D eigenvalue weighted by Crippen LogP contribution is 2.37. The van der Waals surface area contributed by atoms with E-state index < -0.39 is 0 Å².